The number of nitrogens with zero attached hydrogens (tertiary/aromatic N) is 3. The van der Waals surface area contributed by atoms with E-state index in [1.54, 1.807) is 41.8 Å². The molecule has 210 valence electrons. The number of ether oxygens (including phenoxy) is 2. The van der Waals surface area contributed by atoms with Crippen LogP contribution in [0.1, 0.15) is 49.1 Å². The molecule has 0 fully saturated rings. The number of thiazole rings is 1. The zero-order valence-corrected chi connectivity index (χ0v) is 23.9. The number of hydroxylamine groups is 1. The molecule has 0 spiro atoms. The molecule has 8 nitrogen and oxygen atoms in total. The van der Waals surface area contributed by atoms with Gasteiger partial charge in [-0.25, -0.2) is 4.98 Å². The minimum atomic E-state index is -0.0415. The van der Waals surface area contributed by atoms with Gasteiger partial charge in [-0.2, -0.15) is 0 Å². The van der Waals surface area contributed by atoms with Crippen LogP contribution in [0.2, 0.25) is 0 Å². The Morgan fingerprint density at radius 1 is 0.950 bits per heavy atom. The maximum absolute atomic E-state index is 8.80. The van der Waals surface area contributed by atoms with E-state index in [9.17, 15) is 0 Å². The lowest BCUT2D eigenvalue weighted by atomic mass is 10.1. The van der Waals surface area contributed by atoms with Crippen molar-refractivity contribution in [3.05, 3.63) is 89.1 Å². The van der Waals surface area contributed by atoms with Gasteiger partial charge in [-0.3, -0.25) is 21.1 Å². The van der Waals surface area contributed by atoms with Crippen LogP contribution in [0.5, 0.6) is 11.5 Å². The molecule has 0 saturated carbocycles. The molecule has 0 radical (unpaired) electrons. The fourth-order valence-electron chi connectivity index (χ4n) is 4.22. The summed E-state index contributed by atoms with van der Waals surface area (Å²) in [5, 5.41) is 17.4. The molecule has 4 aromatic rings. The molecule has 0 aliphatic carbocycles. The van der Waals surface area contributed by atoms with Crippen LogP contribution in [-0.2, 0) is 13.0 Å². The average molecular weight is 560 g/mol. The lowest BCUT2D eigenvalue weighted by Gasteiger charge is -2.19. The van der Waals surface area contributed by atoms with E-state index in [-0.39, 0.29) is 5.84 Å². The maximum Gasteiger partial charge on any atom is 0.186 e. The van der Waals surface area contributed by atoms with E-state index in [0.717, 1.165) is 66.7 Å². The lowest BCUT2D eigenvalue weighted by molar-refractivity contribution is 0.234. The lowest BCUT2D eigenvalue weighted by Crippen LogP contribution is -2.21. The van der Waals surface area contributed by atoms with Crippen molar-refractivity contribution in [2.75, 3.05) is 24.7 Å². The van der Waals surface area contributed by atoms with Gasteiger partial charge in [0.25, 0.3) is 0 Å². The van der Waals surface area contributed by atoms with E-state index in [0.29, 0.717) is 18.8 Å². The van der Waals surface area contributed by atoms with Gasteiger partial charge in [0.2, 0.25) is 0 Å². The fourth-order valence-corrected chi connectivity index (χ4v) is 5.30. The molecule has 0 atom stereocenters. The predicted molar refractivity (Wildman–Crippen MR) is 161 cm³/mol. The summed E-state index contributed by atoms with van der Waals surface area (Å²) in [7, 11) is 0. The van der Waals surface area contributed by atoms with Crippen LogP contribution >= 0.6 is 11.3 Å². The smallest absolute Gasteiger partial charge is 0.186 e. The normalized spacial score (nSPS) is 10.8. The number of nitrogens with one attached hydrogen (secondary N) is 2. The first-order chi connectivity index (χ1) is 19.6. The second-order valence-electron chi connectivity index (χ2n) is 9.29. The van der Waals surface area contributed by atoms with Crippen molar-refractivity contribution in [2.45, 2.75) is 46.1 Å². The van der Waals surface area contributed by atoms with Crippen LogP contribution in [0.3, 0.4) is 0 Å². The highest BCUT2D eigenvalue weighted by Crippen LogP contribution is 2.34. The SMILES string of the molecule is CCc1sc(N(CC)Cc2cccnc2)nc1-c1ccc(OCCCCCOc2ccc(C(=N)NO)cc2)cc1. The molecule has 4 rings (SSSR count). The van der Waals surface area contributed by atoms with Crippen LogP contribution in [-0.4, -0.2) is 40.8 Å². The first-order valence-corrected chi connectivity index (χ1v) is 14.5. The summed E-state index contributed by atoms with van der Waals surface area (Å²) in [6.07, 6.45) is 7.54. The highest BCUT2D eigenvalue weighted by molar-refractivity contribution is 7.16. The van der Waals surface area contributed by atoms with Crippen LogP contribution in [0.15, 0.2) is 73.1 Å². The third kappa shape index (κ3) is 8.03. The third-order valence-electron chi connectivity index (χ3n) is 6.46. The van der Waals surface area contributed by atoms with Gasteiger partial charge in [0.1, 0.15) is 17.3 Å². The standard InChI is InChI=1S/C31H37N5O3S/c1-3-28-29(34-31(40-28)36(4-2)22-23-9-8-18-33-21-23)24-10-14-26(15-11-24)38-19-6-5-7-20-39-27-16-12-25(13-17-27)30(32)35-37/h8-18,21,37H,3-7,19-20,22H2,1-2H3,(H2,32,35). The largest absolute Gasteiger partial charge is 0.494 e. The van der Waals surface area contributed by atoms with Gasteiger partial charge in [-0.1, -0.05) is 13.0 Å². The van der Waals surface area contributed by atoms with Crippen molar-refractivity contribution in [3.63, 3.8) is 0 Å². The van der Waals surface area contributed by atoms with E-state index >= 15 is 0 Å². The number of hydrogen-bond acceptors (Lipinski definition) is 8. The summed E-state index contributed by atoms with van der Waals surface area (Å²) in [5.74, 6) is 1.57. The monoisotopic (exact) mass is 559 g/mol. The number of aryl methyl sites for hydroxylation is 1. The van der Waals surface area contributed by atoms with E-state index in [1.807, 2.05) is 29.9 Å². The molecule has 0 bridgehead atoms. The summed E-state index contributed by atoms with van der Waals surface area (Å²) in [6.45, 7) is 7.30. The summed E-state index contributed by atoms with van der Waals surface area (Å²) in [4.78, 5) is 12.9. The van der Waals surface area contributed by atoms with Gasteiger partial charge in [0.05, 0.1) is 18.9 Å². The molecule has 0 aliphatic rings. The number of benzene rings is 2. The Morgan fingerprint density at radius 3 is 2.20 bits per heavy atom. The molecule has 2 aromatic carbocycles. The summed E-state index contributed by atoms with van der Waals surface area (Å²) in [5.41, 5.74) is 5.78. The van der Waals surface area contributed by atoms with E-state index in [4.69, 9.17) is 25.1 Å². The minimum absolute atomic E-state index is 0.0415. The molecule has 0 amide bonds. The molecule has 2 aromatic heterocycles. The predicted octanol–water partition coefficient (Wildman–Crippen LogP) is 6.73. The van der Waals surface area contributed by atoms with Crippen LogP contribution in [0.4, 0.5) is 5.13 Å². The number of amidine groups is 1. The molecule has 2 heterocycles. The Bertz CT molecular complexity index is 1330. The Morgan fingerprint density at radius 2 is 1.62 bits per heavy atom. The van der Waals surface area contributed by atoms with Gasteiger partial charge in [0, 0.05) is 41.5 Å². The second kappa shape index (κ2) is 15.0. The number of aromatic nitrogens is 2. The Hall–Kier alpha value is -3.95. The second-order valence-corrected chi connectivity index (χ2v) is 10.4. The summed E-state index contributed by atoms with van der Waals surface area (Å²) < 4.78 is 11.7. The summed E-state index contributed by atoms with van der Waals surface area (Å²) in [6, 6.07) is 19.4. The Balaban J connectivity index is 1.22. The van der Waals surface area contributed by atoms with E-state index in [1.165, 1.54) is 10.4 Å². The highest BCUT2D eigenvalue weighted by Gasteiger charge is 2.16. The van der Waals surface area contributed by atoms with Crippen LogP contribution in [0, 0.1) is 5.41 Å². The van der Waals surface area contributed by atoms with Gasteiger partial charge < -0.3 is 14.4 Å². The van der Waals surface area contributed by atoms with Gasteiger partial charge in [0.15, 0.2) is 5.13 Å². The van der Waals surface area contributed by atoms with Gasteiger partial charge in [-0.05, 0) is 92.8 Å². The van der Waals surface area contributed by atoms with Crippen LogP contribution < -0.4 is 19.9 Å². The zero-order chi connectivity index (χ0) is 28.2. The van der Waals surface area contributed by atoms with E-state index < -0.39 is 0 Å². The van der Waals surface area contributed by atoms with Crippen molar-refractivity contribution < 1.29 is 14.7 Å². The molecule has 40 heavy (non-hydrogen) atoms. The van der Waals surface area contributed by atoms with E-state index in [2.05, 4.69) is 41.9 Å². The molecule has 3 N–H and O–H groups in total. The van der Waals surface area contributed by atoms with Crippen molar-refractivity contribution in [2.24, 2.45) is 0 Å². The third-order valence-corrected chi connectivity index (χ3v) is 7.72. The molecular weight excluding hydrogens is 522 g/mol. The van der Waals surface area contributed by atoms with Crippen molar-refractivity contribution >= 4 is 22.3 Å². The van der Waals surface area contributed by atoms with Crippen molar-refractivity contribution in [1.82, 2.24) is 15.4 Å². The Kier molecular flexibility index (Phi) is 10.9. The molecule has 0 unspecified atom stereocenters. The highest BCUT2D eigenvalue weighted by atomic mass is 32.1. The van der Waals surface area contributed by atoms with Crippen molar-refractivity contribution in [1.29, 1.82) is 5.41 Å². The Labute approximate surface area is 240 Å². The summed E-state index contributed by atoms with van der Waals surface area (Å²) >= 11 is 1.77. The fraction of sp³-hybridized carbons (Fsp3) is 0.323. The number of pyridine rings is 1. The first-order valence-electron chi connectivity index (χ1n) is 13.7. The van der Waals surface area contributed by atoms with Crippen molar-refractivity contribution in [3.8, 4) is 22.8 Å². The molecule has 0 aliphatic heterocycles. The van der Waals surface area contributed by atoms with Gasteiger partial charge in [-0.15, -0.1) is 11.3 Å². The number of hydrogen-bond donors (Lipinski definition) is 3. The van der Waals surface area contributed by atoms with Crippen LogP contribution in [0.25, 0.3) is 11.3 Å². The minimum Gasteiger partial charge on any atom is -0.494 e. The molecular formula is C31H37N5O3S. The molecule has 9 heteroatoms. The topological polar surface area (TPSA) is 104 Å². The van der Waals surface area contributed by atoms with Gasteiger partial charge >= 0.3 is 0 Å². The zero-order valence-electron chi connectivity index (χ0n) is 23.1. The maximum atomic E-state index is 8.80. The number of rotatable bonds is 15. The average Bonchev–Trinajstić information content (AvgIpc) is 3.44. The molecule has 0 saturated heterocycles. The quantitative estimate of drug-likeness (QED) is 0.0642. The number of anilines is 1. The first kappa shape index (κ1) is 29.0. The number of unbranched alkanes of at least 4 members (excludes halogenated alkanes) is 2.